The quantitative estimate of drug-likeness (QED) is 0.154. The zero-order valence-corrected chi connectivity index (χ0v) is 41.0. The molecule has 0 saturated heterocycles. The summed E-state index contributed by atoms with van der Waals surface area (Å²) in [5.74, 6) is 0. The number of hydrogen-bond donors (Lipinski definition) is 0. The molecule has 68 heavy (non-hydrogen) atoms. The third kappa shape index (κ3) is 6.47. The highest BCUT2D eigenvalue weighted by molar-refractivity contribution is 7.00. The van der Waals surface area contributed by atoms with Crippen LogP contribution in [-0.4, -0.2) is 6.71 Å². The molecule has 12 rings (SSSR count). The van der Waals surface area contributed by atoms with Crippen LogP contribution in [0.3, 0.4) is 0 Å². The highest BCUT2D eigenvalue weighted by Gasteiger charge is 2.49. The van der Waals surface area contributed by atoms with Gasteiger partial charge >= 0.3 is 0 Å². The number of fused-ring (bicyclic) bond motifs is 6. The molecule has 0 radical (unpaired) electrons. The summed E-state index contributed by atoms with van der Waals surface area (Å²) in [5, 5.41) is 0. The van der Waals surface area contributed by atoms with Gasteiger partial charge in [-0.2, -0.15) is 0 Å². The maximum absolute atomic E-state index is 9.21. The Hall–Kier alpha value is -6.78. The molecule has 0 saturated carbocycles. The molecule has 8 aromatic carbocycles. The smallest absolute Gasteiger partial charge is 0.252 e. The second-order valence-corrected chi connectivity index (χ2v) is 22.7. The topological polar surface area (TPSA) is 9.72 Å². The lowest BCUT2D eigenvalue weighted by Gasteiger charge is -2.45. The predicted octanol–water partition coefficient (Wildman–Crippen LogP) is 15.4. The maximum atomic E-state index is 9.21. The molecule has 0 spiro atoms. The number of para-hydroxylation sites is 2. The van der Waals surface area contributed by atoms with Crippen LogP contribution in [-0.2, 0) is 21.7 Å². The van der Waals surface area contributed by atoms with Crippen molar-refractivity contribution in [2.75, 3.05) is 14.7 Å². The van der Waals surface area contributed by atoms with Gasteiger partial charge in [0.2, 0.25) is 0 Å². The van der Waals surface area contributed by atoms with E-state index in [0.29, 0.717) is 5.56 Å². The molecule has 3 nitrogen and oxygen atoms in total. The third-order valence-corrected chi connectivity index (χ3v) is 16.0. The molecular formula is C64H62BN3. The molecule has 0 unspecified atom stereocenters. The normalized spacial score (nSPS) is 18.1. The highest BCUT2D eigenvalue weighted by Crippen LogP contribution is 2.55. The standard InChI is InChI=1S/C64H62BN3/c1-41-32-58-60-59(33-41)68(55-34-44(27-26-42(55)2)43-20-14-11-15-21-43)56-36-48(66(45-22-16-12-17-23-45)46-24-18-13-19-25-46)29-31-53(56)65(60)54-37-51-52(64(9,10)40-63(51,7)8)38-57(54)67(58)47-28-30-49-50(35-47)62(5,6)39-61(49,3)4/h11-38H,39-40H2,1-10H3/i1D3. The maximum Gasteiger partial charge on any atom is 0.252 e. The molecule has 2 aliphatic heterocycles. The van der Waals surface area contributed by atoms with Crippen molar-refractivity contribution in [3.8, 4) is 11.1 Å². The lowest BCUT2D eigenvalue weighted by molar-refractivity contribution is 0.403. The summed E-state index contributed by atoms with van der Waals surface area (Å²) in [7, 11) is 0. The van der Waals surface area contributed by atoms with Gasteiger partial charge in [-0.1, -0.05) is 152 Å². The Balaban J connectivity index is 1.21. The van der Waals surface area contributed by atoms with Gasteiger partial charge in [0.05, 0.1) is 0 Å². The number of anilines is 9. The second kappa shape index (κ2) is 14.9. The molecule has 0 atom stereocenters. The van der Waals surface area contributed by atoms with Gasteiger partial charge < -0.3 is 14.7 Å². The Morgan fingerprint density at radius 2 is 1.00 bits per heavy atom. The van der Waals surface area contributed by atoms with E-state index >= 15 is 0 Å². The summed E-state index contributed by atoms with van der Waals surface area (Å²) >= 11 is 0. The van der Waals surface area contributed by atoms with Crippen LogP contribution in [0.25, 0.3) is 11.1 Å². The lowest BCUT2D eigenvalue weighted by Crippen LogP contribution is -2.61. The van der Waals surface area contributed by atoms with Crippen molar-refractivity contribution >= 4 is 74.3 Å². The number of aryl methyl sites for hydroxylation is 2. The first-order chi connectivity index (χ1) is 33.7. The SMILES string of the molecule is [2H]C([2H])([2H])c1cc2c3c(c1)N(c1cc(-c4ccccc4)ccc1C)c1cc(N(c4ccccc4)c4ccccc4)ccc1B3c1cc3c(cc1N2c1ccc2c(c1)C(C)(C)CC2(C)C)C(C)(C)CC3(C)C. The van der Waals surface area contributed by atoms with Gasteiger partial charge in [-0.05, 0) is 182 Å². The minimum atomic E-state index is -2.40. The monoisotopic (exact) mass is 887 g/mol. The van der Waals surface area contributed by atoms with E-state index in [0.717, 1.165) is 86.2 Å². The van der Waals surface area contributed by atoms with Crippen LogP contribution in [0.1, 0.15) is 106 Å². The highest BCUT2D eigenvalue weighted by atomic mass is 15.2. The molecule has 0 N–H and O–H groups in total. The second-order valence-electron chi connectivity index (χ2n) is 22.7. The van der Waals surface area contributed by atoms with Crippen LogP contribution >= 0.6 is 0 Å². The van der Waals surface area contributed by atoms with Gasteiger partial charge in [0.1, 0.15) is 0 Å². The first-order valence-corrected chi connectivity index (χ1v) is 24.5. The van der Waals surface area contributed by atoms with Gasteiger partial charge in [-0.15, -0.1) is 0 Å². The molecule has 2 heterocycles. The summed E-state index contributed by atoms with van der Waals surface area (Å²) in [6.45, 7) is 18.7. The molecule has 0 bridgehead atoms. The van der Waals surface area contributed by atoms with E-state index in [-0.39, 0.29) is 28.4 Å². The number of rotatable bonds is 6. The number of nitrogens with zero attached hydrogens (tertiary/aromatic N) is 3. The third-order valence-electron chi connectivity index (χ3n) is 16.0. The van der Waals surface area contributed by atoms with Crippen LogP contribution in [0, 0.1) is 13.8 Å². The molecule has 0 amide bonds. The molecule has 0 fully saturated rings. The average molecular weight is 887 g/mol. The van der Waals surface area contributed by atoms with Crippen molar-refractivity contribution in [3.63, 3.8) is 0 Å². The van der Waals surface area contributed by atoms with E-state index in [2.05, 4.69) is 235 Å². The van der Waals surface area contributed by atoms with Crippen LogP contribution in [0.5, 0.6) is 0 Å². The van der Waals surface area contributed by atoms with Crippen molar-refractivity contribution in [1.82, 2.24) is 0 Å². The summed E-state index contributed by atoms with van der Waals surface area (Å²) < 4.78 is 27.6. The first kappa shape index (κ1) is 39.2. The van der Waals surface area contributed by atoms with Crippen molar-refractivity contribution in [2.24, 2.45) is 0 Å². The van der Waals surface area contributed by atoms with Gasteiger partial charge in [-0.3, -0.25) is 0 Å². The van der Waals surface area contributed by atoms with E-state index in [1.165, 1.54) is 33.2 Å². The average Bonchev–Trinajstić information content (AvgIpc) is 3.65. The van der Waals surface area contributed by atoms with Crippen molar-refractivity contribution in [1.29, 1.82) is 0 Å². The van der Waals surface area contributed by atoms with Gasteiger partial charge in [0.25, 0.3) is 6.71 Å². The van der Waals surface area contributed by atoms with Gasteiger partial charge in [0.15, 0.2) is 0 Å². The molecule has 8 aromatic rings. The van der Waals surface area contributed by atoms with E-state index < -0.39 is 6.85 Å². The molecule has 4 heteroatoms. The summed E-state index contributed by atoms with van der Waals surface area (Å²) in [6.07, 6.45) is 2.09. The minimum absolute atomic E-state index is 0.0326. The Morgan fingerprint density at radius 3 is 1.63 bits per heavy atom. The van der Waals surface area contributed by atoms with E-state index in [4.69, 9.17) is 0 Å². The van der Waals surface area contributed by atoms with Crippen LogP contribution in [0.2, 0.25) is 0 Å². The molecule has 0 aromatic heterocycles. The Morgan fingerprint density at radius 1 is 0.441 bits per heavy atom. The van der Waals surface area contributed by atoms with Gasteiger partial charge in [-0.25, -0.2) is 0 Å². The molecule has 2 aliphatic carbocycles. The fourth-order valence-corrected chi connectivity index (χ4v) is 13.5. The number of hydrogen-bond acceptors (Lipinski definition) is 3. The Kier molecular flexibility index (Phi) is 8.58. The Labute approximate surface area is 409 Å². The van der Waals surface area contributed by atoms with E-state index in [9.17, 15) is 4.11 Å². The predicted molar refractivity (Wildman–Crippen MR) is 291 cm³/mol. The fraction of sp³-hybridized carbons (Fsp3) is 0.250. The Bertz CT molecular complexity index is 3410. The van der Waals surface area contributed by atoms with Gasteiger partial charge in [0, 0.05) is 55.3 Å². The van der Waals surface area contributed by atoms with Crippen molar-refractivity contribution in [3.05, 3.63) is 203 Å². The summed E-state index contributed by atoms with van der Waals surface area (Å²) in [4.78, 5) is 7.17. The van der Waals surface area contributed by atoms with Crippen molar-refractivity contribution < 1.29 is 4.11 Å². The van der Waals surface area contributed by atoms with Crippen molar-refractivity contribution in [2.45, 2.75) is 104 Å². The zero-order valence-electron chi connectivity index (χ0n) is 44.0. The lowest BCUT2D eigenvalue weighted by atomic mass is 9.33. The molecular weight excluding hydrogens is 822 g/mol. The summed E-state index contributed by atoms with van der Waals surface area (Å²) in [5.41, 5.74) is 21.7. The largest absolute Gasteiger partial charge is 0.311 e. The van der Waals surface area contributed by atoms with Crippen LogP contribution < -0.4 is 31.1 Å². The van der Waals surface area contributed by atoms with E-state index in [1.807, 2.05) is 12.1 Å². The minimum Gasteiger partial charge on any atom is -0.311 e. The zero-order chi connectivity index (χ0) is 49.6. The first-order valence-electron chi connectivity index (χ1n) is 26.0. The summed E-state index contributed by atoms with van der Waals surface area (Å²) in [6, 6.07) is 61.6. The van der Waals surface area contributed by atoms with Crippen LogP contribution in [0.15, 0.2) is 170 Å². The molecule has 336 valence electrons. The fourth-order valence-electron chi connectivity index (χ4n) is 13.5. The van der Waals surface area contributed by atoms with Crippen LogP contribution in [0.4, 0.5) is 51.2 Å². The molecule has 4 aliphatic rings. The number of benzene rings is 8. The van der Waals surface area contributed by atoms with E-state index in [1.54, 1.807) is 0 Å².